The van der Waals surface area contributed by atoms with E-state index in [0.717, 1.165) is 6.07 Å². The fourth-order valence-electron chi connectivity index (χ4n) is 4.00. The molecule has 146 valence electrons. The molecule has 1 aliphatic carbocycles. The Labute approximate surface area is 155 Å². The highest BCUT2D eigenvalue weighted by molar-refractivity contribution is 5.94. The second-order valence-electron chi connectivity index (χ2n) is 7.22. The number of anilines is 1. The van der Waals surface area contributed by atoms with E-state index in [-0.39, 0.29) is 33.7 Å². The zero-order chi connectivity index (χ0) is 19.6. The summed E-state index contributed by atoms with van der Waals surface area (Å²) >= 11 is 0. The average molecular weight is 389 g/mol. The van der Waals surface area contributed by atoms with Gasteiger partial charge in [-0.05, 0) is 18.9 Å². The molecule has 0 unspecified atom stereocenters. The van der Waals surface area contributed by atoms with E-state index < -0.39 is 28.3 Å². The van der Waals surface area contributed by atoms with E-state index in [0.29, 0.717) is 39.0 Å². The van der Waals surface area contributed by atoms with E-state index in [9.17, 15) is 18.8 Å². The van der Waals surface area contributed by atoms with Crippen LogP contribution in [0.3, 0.4) is 0 Å². The molecule has 3 N–H and O–H groups in total. The molecule has 0 radical (unpaired) electrons. The van der Waals surface area contributed by atoms with Crippen LogP contribution in [0.4, 0.5) is 14.5 Å². The number of pyridine rings is 1. The predicted molar refractivity (Wildman–Crippen MR) is 100 cm³/mol. The first-order chi connectivity index (χ1) is 13.5. The molecule has 1 saturated heterocycles. The summed E-state index contributed by atoms with van der Waals surface area (Å²) < 4.78 is 32.0. The molecule has 28 heavy (non-hydrogen) atoms. The van der Waals surface area contributed by atoms with Crippen LogP contribution in [-0.2, 0) is 0 Å². The molecule has 8 nitrogen and oxygen atoms in total. The minimum Gasteiger partial charge on any atom is -0.364 e. The lowest BCUT2D eigenvalue weighted by Crippen LogP contribution is -2.44. The Balaban J connectivity index is 1.96. The molecule has 0 atom stereocenters. The van der Waals surface area contributed by atoms with Crippen LogP contribution >= 0.6 is 0 Å². The lowest BCUT2D eigenvalue weighted by atomic mass is 10.1. The number of rotatable bonds is 2. The number of hydrogen-bond donors (Lipinski definition) is 3. The zero-order valence-electron chi connectivity index (χ0n) is 14.8. The van der Waals surface area contributed by atoms with Gasteiger partial charge in [0.1, 0.15) is 22.5 Å². The number of aromatic nitrogens is 3. The van der Waals surface area contributed by atoms with E-state index in [1.54, 1.807) is 4.90 Å². The quantitative estimate of drug-likeness (QED) is 0.556. The van der Waals surface area contributed by atoms with Gasteiger partial charge in [0.05, 0.1) is 10.9 Å². The van der Waals surface area contributed by atoms with Crippen molar-refractivity contribution < 1.29 is 8.78 Å². The van der Waals surface area contributed by atoms with Gasteiger partial charge in [0.25, 0.3) is 5.56 Å². The lowest BCUT2D eigenvalue weighted by molar-refractivity contribution is 0.539. The molecule has 3 aromatic rings. The predicted octanol–water partition coefficient (Wildman–Crippen LogP) is 0.554. The van der Waals surface area contributed by atoms with Gasteiger partial charge < -0.3 is 14.8 Å². The van der Waals surface area contributed by atoms with Crippen LogP contribution in [0.1, 0.15) is 18.9 Å². The third-order valence-electron chi connectivity index (χ3n) is 5.39. The van der Waals surface area contributed by atoms with Gasteiger partial charge in [-0.25, -0.2) is 13.6 Å². The maximum atomic E-state index is 15.6. The van der Waals surface area contributed by atoms with Crippen LogP contribution in [0.2, 0.25) is 0 Å². The van der Waals surface area contributed by atoms with E-state index in [1.165, 1.54) is 4.57 Å². The van der Waals surface area contributed by atoms with Crippen molar-refractivity contribution >= 4 is 27.6 Å². The van der Waals surface area contributed by atoms with Crippen molar-refractivity contribution in [3.63, 3.8) is 0 Å². The summed E-state index contributed by atoms with van der Waals surface area (Å²) in [7, 11) is 0. The Morgan fingerprint density at radius 2 is 1.75 bits per heavy atom. The summed E-state index contributed by atoms with van der Waals surface area (Å²) in [6, 6.07) is 0.833. The fourth-order valence-corrected chi connectivity index (χ4v) is 4.00. The minimum absolute atomic E-state index is 0.0227. The van der Waals surface area contributed by atoms with E-state index in [2.05, 4.69) is 10.3 Å². The molecule has 10 heteroatoms. The van der Waals surface area contributed by atoms with Gasteiger partial charge in [-0.15, -0.1) is 0 Å². The fraction of sp³-hybridized carbons (Fsp3) is 0.389. The Hall–Kier alpha value is -3.01. The number of nitrogens with one attached hydrogen (secondary N) is 3. The number of benzene rings is 1. The summed E-state index contributed by atoms with van der Waals surface area (Å²) in [4.78, 5) is 43.0. The molecule has 1 aliphatic heterocycles. The number of halogens is 2. The number of aromatic amines is 2. The van der Waals surface area contributed by atoms with Crippen LogP contribution in [-0.4, -0.2) is 40.7 Å². The SMILES string of the molecule is O=c1[nH]c(=O)c2c(=O)c3cc(F)c(N4CCNCC4)c(F)c3n(C3CC3)c2[nH]1. The first kappa shape index (κ1) is 17.1. The highest BCUT2D eigenvalue weighted by Crippen LogP contribution is 2.40. The summed E-state index contributed by atoms with van der Waals surface area (Å²) in [6.45, 7) is 2.04. The molecule has 0 spiro atoms. The van der Waals surface area contributed by atoms with Crippen LogP contribution in [0.25, 0.3) is 21.9 Å². The molecule has 5 rings (SSSR count). The number of H-pyrrole nitrogens is 2. The first-order valence-electron chi connectivity index (χ1n) is 9.15. The van der Waals surface area contributed by atoms with Crippen molar-refractivity contribution in [1.29, 1.82) is 0 Å². The maximum Gasteiger partial charge on any atom is 0.327 e. The summed E-state index contributed by atoms with van der Waals surface area (Å²) in [6.07, 6.45) is 1.42. The molecule has 2 aliphatic rings. The van der Waals surface area contributed by atoms with E-state index in [1.807, 2.05) is 4.98 Å². The Kier molecular flexibility index (Phi) is 3.66. The summed E-state index contributed by atoms with van der Waals surface area (Å²) in [5, 5.41) is 2.62. The van der Waals surface area contributed by atoms with Gasteiger partial charge >= 0.3 is 5.69 Å². The van der Waals surface area contributed by atoms with Gasteiger partial charge in [0.2, 0.25) is 5.43 Å². The molecule has 0 bridgehead atoms. The second kappa shape index (κ2) is 5.99. The van der Waals surface area contributed by atoms with E-state index >= 15 is 4.39 Å². The van der Waals surface area contributed by atoms with Crippen LogP contribution in [0, 0.1) is 11.6 Å². The zero-order valence-corrected chi connectivity index (χ0v) is 14.8. The average Bonchev–Trinajstić information content (AvgIpc) is 3.48. The molecule has 1 saturated carbocycles. The van der Waals surface area contributed by atoms with Gasteiger partial charge in [0.15, 0.2) is 5.82 Å². The van der Waals surface area contributed by atoms with Gasteiger partial charge in [-0.1, -0.05) is 0 Å². The molecule has 2 aromatic heterocycles. The summed E-state index contributed by atoms with van der Waals surface area (Å²) in [5.41, 5.74) is -2.73. The van der Waals surface area contributed by atoms with Crippen molar-refractivity contribution in [1.82, 2.24) is 19.9 Å². The van der Waals surface area contributed by atoms with Crippen LogP contribution in [0.15, 0.2) is 20.4 Å². The highest BCUT2D eigenvalue weighted by atomic mass is 19.1. The smallest absolute Gasteiger partial charge is 0.327 e. The molecular weight excluding hydrogens is 372 g/mol. The summed E-state index contributed by atoms with van der Waals surface area (Å²) in [5.74, 6) is -1.68. The molecule has 0 amide bonds. The van der Waals surface area contributed by atoms with Crippen molar-refractivity contribution in [3.8, 4) is 0 Å². The molecule has 3 heterocycles. The first-order valence-corrected chi connectivity index (χ1v) is 9.15. The normalized spacial score (nSPS) is 17.6. The number of hydrogen-bond acceptors (Lipinski definition) is 5. The lowest BCUT2D eigenvalue weighted by Gasteiger charge is -2.30. The molecule has 1 aromatic carbocycles. The van der Waals surface area contributed by atoms with Crippen molar-refractivity contribution in [3.05, 3.63) is 48.8 Å². The van der Waals surface area contributed by atoms with Gasteiger partial charge in [-0.3, -0.25) is 19.6 Å². The molecular formula is C18H17F2N5O3. The van der Waals surface area contributed by atoms with Gasteiger partial charge in [0, 0.05) is 32.2 Å². The van der Waals surface area contributed by atoms with Crippen molar-refractivity contribution in [2.45, 2.75) is 18.9 Å². The minimum atomic E-state index is -0.868. The Morgan fingerprint density at radius 3 is 2.43 bits per heavy atom. The Bertz CT molecular complexity index is 1300. The number of nitrogens with zero attached hydrogens (tertiary/aromatic N) is 2. The third kappa shape index (κ3) is 2.40. The largest absolute Gasteiger partial charge is 0.364 e. The topological polar surface area (TPSA) is 103 Å². The maximum absolute atomic E-state index is 15.6. The van der Waals surface area contributed by atoms with Gasteiger partial charge in [-0.2, -0.15) is 0 Å². The van der Waals surface area contributed by atoms with Crippen molar-refractivity contribution in [2.24, 2.45) is 0 Å². The molecule has 2 fully saturated rings. The highest BCUT2D eigenvalue weighted by Gasteiger charge is 2.32. The number of fused-ring (bicyclic) bond motifs is 2. The monoisotopic (exact) mass is 389 g/mol. The van der Waals surface area contributed by atoms with Crippen LogP contribution in [0.5, 0.6) is 0 Å². The van der Waals surface area contributed by atoms with Crippen LogP contribution < -0.4 is 26.9 Å². The van der Waals surface area contributed by atoms with E-state index in [4.69, 9.17) is 0 Å². The second-order valence-corrected chi connectivity index (χ2v) is 7.22. The Morgan fingerprint density at radius 1 is 1.04 bits per heavy atom. The standard InChI is InChI=1S/C18H17F2N5O3/c19-10-7-9-13(12(20)14(10)24-5-3-21-4-6-24)25(8-1-2-8)16-11(15(9)26)17(27)23-18(28)22-16/h7-8,21H,1-6H2,(H2,22,23,27,28). The van der Waals surface area contributed by atoms with Crippen molar-refractivity contribution in [2.75, 3.05) is 31.1 Å². The number of piperazine rings is 1. The third-order valence-corrected chi connectivity index (χ3v) is 5.39.